The molecule has 2 aromatic heterocycles. The average molecular weight is 349 g/mol. The number of hydrogen-bond donors (Lipinski definition) is 0. The molecule has 0 fully saturated rings. The van der Waals surface area contributed by atoms with Gasteiger partial charge in [0, 0.05) is 57.4 Å². The van der Waals surface area contributed by atoms with Gasteiger partial charge in [-0.3, -0.25) is 9.69 Å². The number of rotatable bonds is 6. The van der Waals surface area contributed by atoms with E-state index in [2.05, 4.69) is 19.4 Å². The van der Waals surface area contributed by atoms with Crippen LogP contribution in [-0.4, -0.2) is 64.1 Å². The molecule has 0 saturated carbocycles. The van der Waals surface area contributed by atoms with Crippen molar-refractivity contribution in [3.05, 3.63) is 34.3 Å². The summed E-state index contributed by atoms with van der Waals surface area (Å²) in [5.74, 6) is 0.187. The van der Waals surface area contributed by atoms with Crippen LogP contribution in [0.15, 0.2) is 17.9 Å². The van der Waals surface area contributed by atoms with Crippen LogP contribution in [0, 0.1) is 0 Å². The Morgan fingerprint density at radius 3 is 3.00 bits per heavy atom. The Bertz CT molecular complexity index is 683. The first-order valence-corrected chi connectivity index (χ1v) is 8.81. The second-order valence-electron chi connectivity index (χ2n) is 6.28. The summed E-state index contributed by atoms with van der Waals surface area (Å²) in [7, 11) is 5.49. The molecule has 0 bridgehead atoms. The second kappa shape index (κ2) is 7.42. The van der Waals surface area contributed by atoms with Crippen LogP contribution < -0.4 is 0 Å². The molecule has 24 heavy (non-hydrogen) atoms. The van der Waals surface area contributed by atoms with Gasteiger partial charge in [-0.25, -0.2) is 9.97 Å². The smallest absolute Gasteiger partial charge is 0.248 e. The predicted molar refractivity (Wildman–Crippen MR) is 91.7 cm³/mol. The van der Waals surface area contributed by atoms with E-state index in [1.165, 1.54) is 5.69 Å². The summed E-state index contributed by atoms with van der Waals surface area (Å²) >= 11 is 1.67. The summed E-state index contributed by atoms with van der Waals surface area (Å²) in [6.45, 7) is 3.15. The Balaban J connectivity index is 1.66. The number of ether oxygens (including phenoxy) is 1. The molecule has 2 aromatic rings. The van der Waals surface area contributed by atoms with Gasteiger partial charge in [-0.2, -0.15) is 0 Å². The molecule has 1 amide bonds. The number of thiazole rings is 1. The minimum Gasteiger partial charge on any atom is -0.371 e. The van der Waals surface area contributed by atoms with Crippen molar-refractivity contribution in [3.8, 4) is 0 Å². The number of hydrogen-bond acceptors (Lipinski definition) is 6. The molecule has 0 saturated heterocycles. The first-order chi connectivity index (χ1) is 11.5. The van der Waals surface area contributed by atoms with Gasteiger partial charge in [0.05, 0.1) is 25.2 Å². The summed E-state index contributed by atoms with van der Waals surface area (Å²) in [6.07, 6.45) is 3.69. The summed E-state index contributed by atoms with van der Waals surface area (Å²) in [4.78, 5) is 24.5. The van der Waals surface area contributed by atoms with Crippen molar-refractivity contribution in [2.24, 2.45) is 7.05 Å². The molecule has 0 N–H and O–H groups in total. The largest absolute Gasteiger partial charge is 0.371 e. The average Bonchev–Trinajstić information content (AvgIpc) is 3.17. The lowest BCUT2D eigenvalue weighted by molar-refractivity contribution is -0.133. The van der Waals surface area contributed by atoms with Crippen molar-refractivity contribution in [2.45, 2.75) is 19.0 Å². The van der Waals surface area contributed by atoms with Gasteiger partial charge < -0.3 is 14.2 Å². The molecule has 7 nitrogen and oxygen atoms in total. The first-order valence-electron chi connectivity index (χ1n) is 7.93. The van der Waals surface area contributed by atoms with E-state index in [0.717, 1.165) is 30.3 Å². The number of carbonyl (C=O) groups excluding carboxylic acids is 1. The first kappa shape index (κ1) is 17.1. The molecule has 3 rings (SSSR count). The number of fused-ring (bicyclic) bond motifs is 1. The summed E-state index contributed by atoms with van der Waals surface area (Å²) in [6, 6.07) is 0. The van der Waals surface area contributed by atoms with Crippen LogP contribution >= 0.6 is 11.3 Å². The molecular formula is C16H23N5O2S. The highest BCUT2D eigenvalue weighted by molar-refractivity contribution is 7.09. The molecule has 3 heterocycles. The van der Waals surface area contributed by atoms with E-state index >= 15 is 0 Å². The molecule has 130 valence electrons. The minimum atomic E-state index is -0.0179. The highest BCUT2D eigenvalue weighted by atomic mass is 32.1. The number of carbonyl (C=O) groups is 1. The van der Waals surface area contributed by atoms with E-state index in [9.17, 15) is 4.79 Å². The molecule has 0 spiro atoms. The Morgan fingerprint density at radius 2 is 2.29 bits per heavy atom. The van der Waals surface area contributed by atoms with Gasteiger partial charge in [0.1, 0.15) is 11.6 Å². The molecule has 1 aliphatic heterocycles. The van der Waals surface area contributed by atoms with Gasteiger partial charge in [-0.05, 0) is 0 Å². The van der Waals surface area contributed by atoms with Gasteiger partial charge in [0.2, 0.25) is 5.91 Å². The number of imidazole rings is 1. The van der Waals surface area contributed by atoms with E-state index in [1.807, 2.05) is 25.0 Å². The van der Waals surface area contributed by atoms with Crippen molar-refractivity contribution < 1.29 is 9.53 Å². The van der Waals surface area contributed by atoms with Crippen molar-refractivity contribution >= 4 is 17.2 Å². The molecule has 1 atom stereocenters. The number of amides is 1. The number of likely N-dealkylation sites (N-methyl/N-ethyl adjacent to an activating group) is 1. The van der Waals surface area contributed by atoms with Crippen molar-refractivity contribution in [1.82, 2.24) is 24.3 Å². The normalized spacial score (nSPS) is 17.7. The fourth-order valence-corrected chi connectivity index (χ4v) is 3.66. The van der Waals surface area contributed by atoms with Crippen LogP contribution in [0.4, 0.5) is 0 Å². The van der Waals surface area contributed by atoms with E-state index < -0.39 is 0 Å². The SMILES string of the molecule is CN(C)C(=O)COCC1CN(Cc2nccs2)Cc2ncn(C)c21. The molecular weight excluding hydrogens is 326 g/mol. The van der Waals surface area contributed by atoms with Crippen molar-refractivity contribution in [3.63, 3.8) is 0 Å². The van der Waals surface area contributed by atoms with Crippen LogP contribution in [0.2, 0.25) is 0 Å². The van der Waals surface area contributed by atoms with E-state index in [4.69, 9.17) is 4.74 Å². The molecule has 1 aliphatic rings. The highest BCUT2D eigenvalue weighted by Gasteiger charge is 2.29. The molecule has 8 heteroatoms. The second-order valence-corrected chi connectivity index (χ2v) is 7.26. The van der Waals surface area contributed by atoms with Gasteiger partial charge in [0.25, 0.3) is 0 Å². The van der Waals surface area contributed by atoms with E-state index in [-0.39, 0.29) is 18.4 Å². The quantitative estimate of drug-likeness (QED) is 0.781. The highest BCUT2D eigenvalue weighted by Crippen LogP contribution is 2.28. The van der Waals surface area contributed by atoms with Crippen LogP contribution in [-0.2, 0) is 29.7 Å². The maximum Gasteiger partial charge on any atom is 0.248 e. The summed E-state index contributed by atoms with van der Waals surface area (Å²) < 4.78 is 7.76. The zero-order chi connectivity index (χ0) is 17.1. The van der Waals surface area contributed by atoms with Crippen LogP contribution in [0.5, 0.6) is 0 Å². The fraction of sp³-hybridized carbons (Fsp3) is 0.562. The number of aryl methyl sites for hydroxylation is 1. The zero-order valence-corrected chi connectivity index (χ0v) is 15.1. The number of aromatic nitrogens is 3. The molecule has 0 aliphatic carbocycles. The monoisotopic (exact) mass is 349 g/mol. The van der Waals surface area contributed by atoms with Crippen LogP contribution in [0.1, 0.15) is 22.3 Å². The Morgan fingerprint density at radius 1 is 1.46 bits per heavy atom. The van der Waals surface area contributed by atoms with Crippen molar-refractivity contribution in [1.29, 1.82) is 0 Å². The van der Waals surface area contributed by atoms with Crippen LogP contribution in [0.25, 0.3) is 0 Å². The van der Waals surface area contributed by atoms with Gasteiger partial charge in [-0.15, -0.1) is 11.3 Å². The lowest BCUT2D eigenvalue weighted by Crippen LogP contribution is -2.36. The fourth-order valence-electron chi connectivity index (χ4n) is 3.00. The van der Waals surface area contributed by atoms with Gasteiger partial charge in [-0.1, -0.05) is 0 Å². The minimum absolute atomic E-state index is 0.0179. The van der Waals surface area contributed by atoms with Crippen molar-refractivity contribution in [2.75, 3.05) is 33.9 Å². The topological polar surface area (TPSA) is 63.5 Å². The predicted octanol–water partition coefficient (Wildman–Crippen LogP) is 1.08. The summed E-state index contributed by atoms with van der Waals surface area (Å²) in [5.41, 5.74) is 2.30. The Kier molecular flexibility index (Phi) is 5.27. The Labute approximate surface area is 145 Å². The lowest BCUT2D eigenvalue weighted by atomic mass is 9.99. The third-order valence-electron chi connectivity index (χ3n) is 4.19. The molecule has 0 radical (unpaired) electrons. The maximum atomic E-state index is 11.7. The Hall–Kier alpha value is -1.77. The molecule has 1 unspecified atom stereocenters. The maximum absolute atomic E-state index is 11.7. The zero-order valence-electron chi connectivity index (χ0n) is 14.3. The number of nitrogens with zero attached hydrogens (tertiary/aromatic N) is 5. The van der Waals surface area contributed by atoms with E-state index in [1.54, 1.807) is 30.3 Å². The summed E-state index contributed by atoms with van der Waals surface area (Å²) in [5, 5.41) is 3.11. The lowest BCUT2D eigenvalue weighted by Gasteiger charge is -2.32. The third-order valence-corrected chi connectivity index (χ3v) is 4.95. The van der Waals surface area contributed by atoms with Gasteiger partial charge in [0.15, 0.2) is 0 Å². The van der Waals surface area contributed by atoms with Gasteiger partial charge >= 0.3 is 0 Å². The standard InChI is InChI=1S/C16H23N5O2S/c1-19(2)15(22)10-23-9-12-6-21(8-14-17-4-5-24-14)7-13-16(12)20(3)11-18-13/h4-5,11-12H,6-10H2,1-3H3. The van der Waals surface area contributed by atoms with E-state index in [0.29, 0.717) is 6.61 Å². The van der Waals surface area contributed by atoms with Crippen LogP contribution in [0.3, 0.4) is 0 Å². The third kappa shape index (κ3) is 3.82. The molecule has 0 aromatic carbocycles.